The largest absolute Gasteiger partial charge is 0.476 e. The summed E-state index contributed by atoms with van der Waals surface area (Å²) < 4.78 is 0.939. The van der Waals surface area contributed by atoms with Crippen LogP contribution in [0.2, 0.25) is 0 Å². The predicted molar refractivity (Wildman–Crippen MR) is 63.1 cm³/mol. The molecule has 0 saturated carbocycles. The fourth-order valence-corrected chi connectivity index (χ4v) is 1.56. The summed E-state index contributed by atoms with van der Waals surface area (Å²) in [6, 6.07) is 7.31. The van der Waals surface area contributed by atoms with Crippen molar-refractivity contribution in [1.82, 2.24) is 9.97 Å². The van der Waals surface area contributed by atoms with Gasteiger partial charge in [0.2, 0.25) is 0 Å². The number of benzene rings is 1. The van der Waals surface area contributed by atoms with Gasteiger partial charge in [-0.15, -0.1) is 0 Å². The van der Waals surface area contributed by atoms with Crippen LogP contribution < -0.4 is 5.73 Å². The smallest absolute Gasteiger partial charge is 0.356 e. The van der Waals surface area contributed by atoms with Gasteiger partial charge in [-0.05, 0) is 12.1 Å². The number of imidazole rings is 1. The Balaban J connectivity index is 2.45. The van der Waals surface area contributed by atoms with Gasteiger partial charge < -0.3 is 15.8 Å². The van der Waals surface area contributed by atoms with Crippen molar-refractivity contribution in [3.8, 4) is 11.4 Å². The molecule has 2 rings (SSSR count). The van der Waals surface area contributed by atoms with Crippen molar-refractivity contribution >= 4 is 27.7 Å². The second-order valence-corrected chi connectivity index (χ2v) is 4.07. The fourth-order valence-electron chi connectivity index (χ4n) is 1.29. The molecule has 0 unspecified atom stereocenters. The van der Waals surface area contributed by atoms with Gasteiger partial charge in [0.1, 0.15) is 5.82 Å². The lowest BCUT2D eigenvalue weighted by Crippen LogP contribution is -2.01. The zero-order valence-electron chi connectivity index (χ0n) is 8.07. The highest BCUT2D eigenvalue weighted by molar-refractivity contribution is 9.10. The molecule has 0 fully saturated rings. The Morgan fingerprint density at radius 2 is 2.00 bits per heavy atom. The standard InChI is InChI=1S/C10H8BrN3O2/c11-6-3-1-5(2-4-6)9-13-7(10(15)16)8(12)14-9/h1-4H,12H2,(H,13,14)(H,15,16). The summed E-state index contributed by atoms with van der Waals surface area (Å²) >= 11 is 3.31. The number of halogens is 1. The lowest BCUT2D eigenvalue weighted by Gasteiger charge is -1.95. The predicted octanol–water partition coefficient (Wildman–Crippen LogP) is 2.12. The molecule has 2 aromatic rings. The van der Waals surface area contributed by atoms with E-state index in [1.807, 2.05) is 24.3 Å². The number of H-pyrrole nitrogens is 1. The molecule has 0 radical (unpaired) electrons. The number of nitrogens with zero attached hydrogens (tertiary/aromatic N) is 1. The van der Waals surface area contributed by atoms with E-state index >= 15 is 0 Å². The highest BCUT2D eigenvalue weighted by Crippen LogP contribution is 2.21. The Kier molecular flexibility index (Phi) is 2.66. The Morgan fingerprint density at radius 1 is 1.38 bits per heavy atom. The van der Waals surface area contributed by atoms with Gasteiger partial charge in [0.15, 0.2) is 11.5 Å². The molecule has 5 nitrogen and oxygen atoms in total. The van der Waals surface area contributed by atoms with E-state index in [0.717, 1.165) is 10.0 Å². The Bertz CT molecular complexity index is 533. The summed E-state index contributed by atoms with van der Waals surface area (Å²) in [5.41, 5.74) is 6.17. The van der Waals surface area contributed by atoms with Gasteiger partial charge in [0.05, 0.1) is 0 Å². The van der Waals surface area contributed by atoms with Crippen LogP contribution in [-0.2, 0) is 0 Å². The van der Waals surface area contributed by atoms with Crippen LogP contribution in [0.3, 0.4) is 0 Å². The highest BCUT2D eigenvalue weighted by atomic mass is 79.9. The number of nitrogens with two attached hydrogens (primary N) is 1. The van der Waals surface area contributed by atoms with Crippen molar-refractivity contribution < 1.29 is 9.90 Å². The van der Waals surface area contributed by atoms with Gasteiger partial charge >= 0.3 is 5.97 Å². The molecule has 82 valence electrons. The minimum absolute atomic E-state index is 0.00887. The lowest BCUT2D eigenvalue weighted by atomic mass is 10.2. The van der Waals surface area contributed by atoms with Crippen molar-refractivity contribution in [1.29, 1.82) is 0 Å². The van der Waals surface area contributed by atoms with Crippen molar-refractivity contribution in [3.05, 3.63) is 34.4 Å². The average Bonchev–Trinajstić information content (AvgIpc) is 2.61. The van der Waals surface area contributed by atoms with Crippen LogP contribution in [0, 0.1) is 0 Å². The number of carboxylic acids is 1. The maximum absolute atomic E-state index is 10.8. The molecular formula is C10H8BrN3O2. The van der Waals surface area contributed by atoms with E-state index in [0.29, 0.717) is 5.82 Å². The van der Waals surface area contributed by atoms with Crippen LogP contribution in [-0.4, -0.2) is 21.0 Å². The van der Waals surface area contributed by atoms with E-state index in [9.17, 15) is 4.79 Å². The topological polar surface area (TPSA) is 92.0 Å². The monoisotopic (exact) mass is 281 g/mol. The first kappa shape index (κ1) is 10.7. The average molecular weight is 282 g/mol. The van der Waals surface area contributed by atoms with E-state index in [1.54, 1.807) is 0 Å². The van der Waals surface area contributed by atoms with Gasteiger partial charge in [0, 0.05) is 10.0 Å². The third-order valence-electron chi connectivity index (χ3n) is 2.06. The molecule has 0 aliphatic carbocycles. The SMILES string of the molecule is Nc1nc(-c2ccc(Br)cc2)[nH]c1C(=O)O. The number of hydrogen-bond donors (Lipinski definition) is 3. The number of carbonyl (C=O) groups is 1. The number of aromatic nitrogens is 2. The molecule has 0 saturated heterocycles. The molecule has 0 atom stereocenters. The molecule has 0 bridgehead atoms. The summed E-state index contributed by atoms with van der Waals surface area (Å²) in [6.45, 7) is 0. The number of anilines is 1. The summed E-state index contributed by atoms with van der Waals surface area (Å²) in [5, 5.41) is 8.81. The highest BCUT2D eigenvalue weighted by Gasteiger charge is 2.14. The van der Waals surface area contributed by atoms with Crippen LogP contribution in [0.25, 0.3) is 11.4 Å². The second-order valence-electron chi connectivity index (χ2n) is 3.16. The first-order chi connectivity index (χ1) is 7.58. The first-order valence-corrected chi connectivity index (χ1v) is 5.22. The molecule has 0 aliphatic rings. The maximum Gasteiger partial charge on any atom is 0.356 e. The lowest BCUT2D eigenvalue weighted by molar-refractivity contribution is 0.0692. The molecule has 1 heterocycles. The summed E-state index contributed by atoms with van der Waals surface area (Å²) in [6.07, 6.45) is 0. The number of carboxylic acid groups (broad SMARTS) is 1. The number of rotatable bonds is 2. The van der Waals surface area contributed by atoms with Crippen LogP contribution >= 0.6 is 15.9 Å². The van der Waals surface area contributed by atoms with Gasteiger partial charge in [-0.1, -0.05) is 28.1 Å². The van der Waals surface area contributed by atoms with Crippen molar-refractivity contribution in [2.45, 2.75) is 0 Å². The van der Waals surface area contributed by atoms with Crippen molar-refractivity contribution in [3.63, 3.8) is 0 Å². The number of aromatic amines is 1. The zero-order chi connectivity index (χ0) is 11.7. The number of nitrogen functional groups attached to an aromatic ring is 1. The van der Waals surface area contributed by atoms with Crippen LogP contribution in [0.1, 0.15) is 10.5 Å². The quantitative estimate of drug-likeness (QED) is 0.786. The molecule has 6 heteroatoms. The summed E-state index contributed by atoms with van der Waals surface area (Å²) in [7, 11) is 0. The Morgan fingerprint density at radius 3 is 2.50 bits per heavy atom. The van der Waals surface area contributed by atoms with Crippen molar-refractivity contribution in [2.24, 2.45) is 0 Å². The first-order valence-electron chi connectivity index (χ1n) is 4.42. The van der Waals surface area contributed by atoms with E-state index in [-0.39, 0.29) is 11.5 Å². The molecule has 4 N–H and O–H groups in total. The second kappa shape index (κ2) is 3.97. The van der Waals surface area contributed by atoms with Crippen LogP contribution in [0.15, 0.2) is 28.7 Å². The minimum atomic E-state index is -1.12. The zero-order valence-corrected chi connectivity index (χ0v) is 9.65. The number of nitrogens with one attached hydrogen (secondary N) is 1. The van der Waals surface area contributed by atoms with E-state index < -0.39 is 5.97 Å². The van der Waals surface area contributed by atoms with Gasteiger partial charge in [-0.3, -0.25) is 0 Å². The normalized spacial score (nSPS) is 10.3. The van der Waals surface area contributed by atoms with E-state index in [2.05, 4.69) is 25.9 Å². The van der Waals surface area contributed by atoms with Crippen molar-refractivity contribution in [2.75, 3.05) is 5.73 Å². The van der Waals surface area contributed by atoms with Crippen LogP contribution in [0.5, 0.6) is 0 Å². The third kappa shape index (κ3) is 1.92. The fraction of sp³-hybridized carbons (Fsp3) is 0. The molecule has 0 amide bonds. The molecule has 0 aliphatic heterocycles. The molecule has 1 aromatic carbocycles. The summed E-state index contributed by atoms with van der Waals surface area (Å²) in [4.78, 5) is 17.4. The van der Waals surface area contributed by atoms with Crippen LogP contribution in [0.4, 0.5) is 5.82 Å². The Labute approximate surface area is 99.4 Å². The number of hydrogen-bond acceptors (Lipinski definition) is 3. The van der Waals surface area contributed by atoms with E-state index in [4.69, 9.17) is 10.8 Å². The van der Waals surface area contributed by atoms with Gasteiger partial charge in [-0.25, -0.2) is 9.78 Å². The molecular weight excluding hydrogens is 274 g/mol. The van der Waals surface area contributed by atoms with Gasteiger partial charge in [0.25, 0.3) is 0 Å². The number of aromatic carboxylic acids is 1. The van der Waals surface area contributed by atoms with E-state index in [1.165, 1.54) is 0 Å². The maximum atomic E-state index is 10.8. The summed E-state index contributed by atoms with van der Waals surface area (Å²) in [5.74, 6) is -0.679. The van der Waals surface area contributed by atoms with Gasteiger partial charge in [-0.2, -0.15) is 0 Å². The molecule has 16 heavy (non-hydrogen) atoms. The molecule has 1 aromatic heterocycles. The minimum Gasteiger partial charge on any atom is -0.476 e. The Hall–Kier alpha value is -1.82. The molecule has 0 spiro atoms. The third-order valence-corrected chi connectivity index (χ3v) is 2.59.